The average molecular weight is 323 g/mol. The lowest BCUT2D eigenvalue weighted by Crippen LogP contribution is -2.44. The van der Waals surface area contributed by atoms with E-state index < -0.39 is 17.6 Å². The van der Waals surface area contributed by atoms with Crippen molar-refractivity contribution < 1.29 is 18.3 Å². The van der Waals surface area contributed by atoms with Crippen molar-refractivity contribution in [1.82, 2.24) is 20.1 Å². The van der Waals surface area contributed by atoms with Gasteiger partial charge in [-0.1, -0.05) is 0 Å². The van der Waals surface area contributed by atoms with Crippen LogP contribution in [0.25, 0.3) is 0 Å². The summed E-state index contributed by atoms with van der Waals surface area (Å²) in [5.74, 6) is -0.0442. The van der Waals surface area contributed by atoms with Gasteiger partial charge in [0, 0.05) is 12.6 Å². The molecule has 5 nitrogen and oxygen atoms in total. The summed E-state index contributed by atoms with van der Waals surface area (Å²) < 4.78 is 39.6. The molecule has 19 heavy (non-hydrogen) atoms. The van der Waals surface area contributed by atoms with Crippen LogP contribution in [0.1, 0.15) is 31.5 Å². The van der Waals surface area contributed by atoms with Crippen molar-refractivity contribution >= 4 is 24.8 Å². The van der Waals surface area contributed by atoms with Gasteiger partial charge in [-0.05, 0) is 13.8 Å². The molecule has 0 fully saturated rings. The van der Waals surface area contributed by atoms with Gasteiger partial charge in [0.2, 0.25) is 5.60 Å². The molecule has 2 rings (SSSR count). The molecule has 2 atom stereocenters. The average Bonchev–Trinajstić information content (AvgIpc) is 2.61. The molecule has 112 valence electrons. The molecule has 0 aromatic carbocycles. The van der Waals surface area contributed by atoms with Crippen LogP contribution in [0, 0.1) is 0 Å². The summed E-state index contributed by atoms with van der Waals surface area (Å²) in [5, 5.41) is 19.8. The summed E-state index contributed by atoms with van der Waals surface area (Å²) in [5.41, 5.74) is -2.98. The summed E-state index contributed by atoms with van der Waals surface area (Å²) >= 11 is 0. The molecule has 0 unspecified atom stereocenters. The fourth-order valence-electron chi connectivity index (χ4n) is 1.85. The number of fused-ring (bicyclic) bond motifs is 1. The number of hydrogen-bond donors (Lipinski definition) is 2. The van der Waals surface area contributed by atoms with Crippen molar-refractivity contribution in [3.63, 3.8) is 0 Å². The Morgan fingerprint density at radius 1 is 1.32 bits per heavy atom. The summed E-state index contributed by atoms with van der Waals surface area (Å²) in [7, 11) is 0. The van der Waals surface area contributed by atoms with Crippen LogP contribution in [-0.2, 0) is 12.1 Å². The second-order valence-electron chi connectivity index (χ2n) is 4.36. The maximum absolute atomic E-state index is 12.7. The summed E-state index contributed by atoms with van der Waals surface area (Å²) in [6.45, 7) is 3.31. The monoisotopic (exact) mass is 322 g/mol. The maximum atomic E-state index is 12.7. The predicted octanol–water partition coefficient (Wildman–Crippen LogP) is 1.56. The number of aromatic nitrogens is 3. The Labute approximate surface area is 120 Å². The van der Waals surface area contributed by atoms with Gasteiger partial charge < -0.3 is 15.0 Å². The highest BCUT2D eigenvalue weighted by molar-refractivity contribution is 5.85. The quantitative estimate of drug-likeness (QED) is 0.823. The number of alkyl halides is 3. The van der Waals surface area contributed by atoms with Crippen LogP contribution >= 0.6 is 24.8 Å². The Hall–Kier alpha value is -0.570. The van der Waals surface area contributed by atoms with E-state index in [2.05, 4.69) is 15.5 Å². The zero-order valence-corrected chi connectivity index (χ0v) is 11.9. The number of aliphatic hydroxyl groups is 1. The van der Waals surface area contributed by atoms with Gasteiger partial charge in [0.15, 0.2) is 5.82 Å². The minimum absolute atomic E-state index is 0. The van der Waals surface area contributed by atoms with Crippen molar-refractivity contribution in [3.8, 4) is 0 Å². The zero-order valence-electron chi connectivity index (χ0n) is 10.2. The van der Waals surface area contributed by atoms with Gasteiger partial charge in [-0.2, -0.15) is 13.2 Å². The van der Waals surface area contributed by atoms with Crippen molar-refractivity contribution in [2.24, 2.45) is 0 Å². The number of rotatable bonds is 1. The molecule has 0 radical (unpaired) electrons. The Bertz CT molecular complexity index is 436. The summed E-state index contributed by atoms with van der Waals surface area (Å²) in [6, 6.07) is -0.224. The lowest BCUT2D eigenvalue weighted by Gasteiger charge is -2.30. The molecule has 0 saturated carbocycles. The molecule has 2 N–H and O–H groups in total. The molecule has 10 heteroatoms. The van der Waals surface area contributed by atoms with Gasteiger partial charge in [-0.25, -0.2) is 0 Å². The van der Waals surface area contributed by atoms with Gasteiger partial charge in [-0.15, -0.1) is 35.0 Å². The van der Waals surface area contributed by atoms with Crippen molar-refractivity contribution in [3.05, 3.63) is 11.6 Å². The zero-order chi connectivity index (χ0) is 12.8. The highest BCUT2D eigenvalue weighted by atomic mass is 35.5. The largest absolute Gasteiger partial charge is 0.424 e. The first-order chi connectivity index (χ1) is 7.75. The highest BCUT2D eigenvalue weighted by Crippen LogP contribution is 2.38. The molecule has 0 spiro atoms. The fraction of sp³-hybridized carbons (Fsp3) is 0.778. The minimum Gasteiger partial charge on any atom is -0.374 e. The van der Waals surface area contributed by atoms with E-state index in [-0.39, 0.29) is 30.9 Å². The van der Waals surface area contributed by atoms with E-state index in [0.29, 0.717) is 25.8 Å². The fourth-order valence-corrected chi connectivity index (χ4v) is 1.85. The number of halogens is 5. The number of nitrogens with one attached hydrogen (secondary N) is 1. The third-order valence-electron chi connectivity index (χ3n) is 2.92. The Kier molecular flexibility index (Phi) is 5.65. The van der Waals surface area contributed by atoms with E-state index in [1.54, 1.807) is 6.92 Å². The molecule has 0 amide bonds. The second kappa shape index (κ2) is 5.82. The SMILES string of the molecule is C[C@H]1CNCc2nnc([C@@](C)(O)C(F)(F)F)n21.Cl.Cl. The molecular weight excluding hydrogens is 308 g/mol. The maximum Gasteiger partial charge on any atom is 0.424 e. The van der Waals surface area contributed by atoms with Crippen LogP contribution in [0.3, 0.4) is 0 Å². The van der Waals surface area contributed by atoms with E-state index in [4.69, 9.17) is 0 Å². The van der Waals surface area contributed by atoms with E-state index in [1.165, 1.54) is 4.57 Å². The van der Waals surface area contributed by atoms with E-state index >= 15 is 0 Å². The van der Waals surface area contributed by atoms with Crippen LogP contribution < -0.4 is 5.32 Å². The third-order valence-corrected chi connectivity index (χ3v) is 2.92. The smallest absolute Gasteiger partial charge is 0.374 e. The first-order valence-electron chi connectivity index (χ1n) is 5.19. The minimum atomic E-state index is -4.78. The van der Waals surface area contributed by atoms with Crippen LogP contribution in [0.4, 0.5) is 13.2 Å². The van der Waals surface area contributed by atoms with Gasteiger partial charge in [0.1, 0.15) is 5.82 Å². The molecular formula is C9H15Cl2F3N4O. The first kappa shape index (κ1) is 18.4. The number of hydrogen-bond acceptors (Lipinski definition) is 4. The van der Waals surface area contributed by atoms with Gasteiger partial charge >= 0.3 is 6.18 Å². The van der Waals surface area contributed by atoms with E-state index in [1.807, 2.05) is 0 Å². The van der Waals surface area contributed by atoms with Crippen molar-refractivity contribution in [2.45, 2.75) is 38.2 Å². The standard InChI is InChI=1S/C9H13F3N4O.2ClH/c1-5-3-13-4-6-14-15-7(16(5)6)8(2,17)9(10,11)12;;/h5,13,17H,3-4H2,1-2H3;2*1H/t5-,8+;;/m0../s1. The lowest BCUT2D eigenvalue weighted by atomic mass is 10.0. The summed E-state index contributed by atoms with van der Waals surface area (Å²) in [6.07, 6.45) is -4.78. The molecule has 0 saturated heterocycles. The van der Waals surface area contributed by atoms with Crippen molar-refractivity contribution in [2.75, 3.05) is 6.54 Å². The topological polar surface area (TPSA) is 63.0 Å². The van der Waals surface area contributed by atoms with Crippen molar-refractivity contribution in [1.29, 1.82) is 0 Å². The van der Waals surface area contributed by atoms with Crippen LogP contribution in [0.2, 0.25) is 0 Å². The molecule has 1 aliphatic rings. The van der Waals surface area contributed by atoms with Gasteiger partial charge in [0.25, 0.3) is 0 Å². The van der Waals surface area contributed by atoms with Crippen LogP contribution in [-0.4, -0.2) is 32.6 Å². The molecule has 1 aromatic rings. The predicted molar refractivity (Wildman–Crippen MR) is 66.6 cm³/mol. The first-order valence-corrected chi connectivity index (χ1v) is 5.19. The number of nitrogens with zero attached hydrogens (tertiary/aromatic N) is 3. The molecule has 0 aliphatic carbocycles. The Balaban J connectivity index is 0.00000162. The van der Waals surface area contributed by atoms with Crippen LogP contribution in [0.5, 0.6) is 0 Å². The van der Waals surface area contributed by atoms with E-state index in [9.17, 15) is 18.3 Å². The third kappa shape index (κ3) is 2.96. The highest BCUT2D eigenvalue weighted by Gasteiger charge is 2.55. The Morgan fingerprint density at radius 3 is 2.42 bits per heavy atom. The Morgan fingerprint density at radius 2 is 1.89 bits per heavy atom. The normalized spacial score (nSPS) is 21.7. The van der Waals surface area contributed by atoms with E-state index in [0.717, 1.165) is 0 Å². The molecule has 1 aromatic heterocycles. The van der Waals surface area contributed by atoms with Gasteiger partial charge in [0.05, 0.1) is 6.54 Å². The molecule has 0 bridgehead atoms. The van der Waals surface area contributed by atoms with Crippen LogP contribution in [0.15, 0.2) is 0 Å². The molecule has 2 heterocycles. The lowest BCUT2D eigenvalue weighted by molar-refractivity contribution is -0.263. The van der Waals surface area contributed by atoms with Gasteiger partial charge in [-0.3, -0.25) is 0 Å². The summed E-state index contributed by atoms with van der Waals surface area (Å²) in [4.78, 5) is 0. The second-order valence-corrected chi connectivity index (χ2v) is 4.36. The molecule has 1 aliphatic heterocycles.